The Kier molecular flexibility index (Phi) is 6.22. The molecule has 4 aromatic carbocycles. The van der Waals surface area contributed by atoms with Crippen LogP contribution < -0.4 is 4.90 Å². The number of ether oxygens (including phenoxy) is 1. The third-order valence-electron chi connectivity index (χ3n) is 6.31. The number of para-hydroxylation sites is 1. The number of anilines is 1. The Morgan fingerprint density at radius 2 is 1.11 bits per heavy atom. The number of hydrogen-bond donors (Lipinski definition) is 0. The van der Waals surface area contributed by atoms with Crippen molar-refractivity contribution in [3.05, 3.63) is 138 Å². The molecule has 0 fully saturated rings. The molecule has 1 heterocycles. The molecule has 0 saturated heterocycles. The molecule has 0 saturated carbocycles. The van der Waals surface area contributed by atoms with Gasteiger partial charge in [0.25, 0.3) is 5.91 Å². The number of hydrogen-bond acceptors (Lipinski definition) is 3. The SMILES string of the molecule is CC(C)(C)OC(=O)/N=C1/C(=O)N(C(c2ccccc2)(c2ccccc2)c2ccccc2)c2ccccc21. The number of fused-ring (bicyclic) bond motifs is 1. The monoisotopic (exact) mass is 488 g/mol. The van der Waals surface area contributed by atoms with Gasteiger partial charge in [0.05, 0.1) is 5.69 Å². The first-order chi connectivity index (χ1) is 17.8. The molecule has 0 atom stereocenters. The van der Waals surface area contributed by atoms with E-state index in [1.54, 1.807) is 25.7 Å². The van der Waals surface area contributed by atoms with Crippen molar-refractivity contribution < 1.29 is 14.3 Å². The topological polar surface area (TPSA) is 59.0 Å². The lowest BCUT2D eigenvalue weighted by molar-refractivity contribution is -0.113. The van der Waals surface area contributed by atoms with Crippen molar-refractivity contribution in [2.75, 3.05) is 4.90 Å². The number of carbonyl (C=O) groups excluding carboxylic acids is 2. The predicted octanol–water partition coefficient (Wildman–Crippen LogP) is 6.75. The molecule has 5 nitrogen and oxygen atoms in total. The van der Waals surface area contributed by atoms with Crippen LogP contribution in [-0.2, 0) is 15.1 Å². The van der Waals surface area contributed by atoms with E-state index in [0.717, 1.165) is 16.7 Å². The number of aliphatic imine (C=N–C) groups is 1. The summed E-state index contributed by atoms with van der Waals surface area (Å²) in [4.78, 5) is 33.1. The van der Waals surface area contributed by atoms with Gasteiger partial charge in [-0.1, -0.05) is 109 Å². The molecule has 184 valence electrons. The molecule has 37 heavy (non-hydrogen) atoms. The van der Waals surface area contributed by atoms with Gasteiger partial charge in [0.2, 0.25) is 0 Å². The number of amides is 2. The molecule has 0 aromatic heterocycles. The number of benzene rings is 4. The predicted molar refractivity (Wildman–Crippen MR) is 146 cm³/mol. The molecule has 1 aliphatic heterocycles. The van der Waals surface area contributed by atoms with Crippen LogP contribution in [-0.4, -0.2) is 23.3 Å². The van der Waals surface area contributed by atoms with E-state index in [-0.39, 0.29) is 11.6 Å². The summed E-state index contributed by atoms with van der Waals surface area (Å²) in [5.74, 6) is -0.372. The summed E-state index contributed by atoms with van der Waals surface area (Å²) < 4.78 is 5.44. The molecule has 5 rings (SSSR count). The summed E-state index contributed by atoms with van der Waals surface area (Å²) in [5, 5.41) is 0. The maximum Gasteiger partial charge on any atom is 0.434 e. The highest BCUT2D eigenvalue weighted by Gasteiger charge is 2.51. The van der Waals surface area contributed by atoms with Crippen LogP contribution in [0.3, 0.4) is 0 Å². The minimum Gasteiger partial charge on any atom is -0.442 e. The molecule has 0 radical (unpaired) electrons. The smallest absolute Gasteiger partial charge is 0.434 e. The van der Waals surface area contributed by atoms with E-state index in [1.807, 2.05) is 115 Å². The van der Waals surface area contributed by atoms with Gasteiger partial charge < -0.3 is 4.74 Å². The van der Waals surface area contributed by atoms with Gasteiger partial charge in [0.15, 0.2) is 0 Å². The van der Waals surface area contributed by atoms with Crippen LogP contribution >= 0.6 is 0 Å². The molecule has 4 aromatic rings. The van der Waals surface area contributed by atoms with Crippen LogP contribution in [0.1, 0.15) is 43.0 Å². The van der Waals surface area contributed by atoms with E-state index >= 15 is 0 Å². The van der Waals surface area contributed by atoms with Gasteiger partial charge in [-0.25, -0.2) is 4.79 Å². The highest BCUT2D eigenvalue weighted by molar-refractivity contribution is 6.55. The summed E-state index contributed by atoms with van der Waals surface area (Å²) in [7, 11) is 0. The van der Waals surface area contributed by atoms with E-state index in [2.05, 4.69) is 4.99 Å². The molecular formula is C32H28N2O3. The largest absolute Gasteiger partial charge is 0.442 e. The Morgan fingerprint density at radius 3 is 1.57 bits per heavy atom. The summed E-state index contributed by atoms with van der Waals surface area (Å²) >= 11 is 0. The Bertz CT molecular complexity index is 1360. The van der Waals surface area contributed by atoms with Crippen molar-refractivity contribution in [3.63, 3.8) is 0 Å². The Hall–Kier alpha value is -4.51. The third-order valence-corrected chi connectivity index (χ3v) is 6.31. The molecule has 0 bridgehead atoms. The van der Waals surface area contributed by atoms with Crippen LogP contribution in [0.2, 0.25) is 0 Å². The lowest BCUT2D eigenvalue weighted by Crippen LogP contribution is -2.51. The maximum absolute atomic E-state index is 14.4. The van der Waals surface area contributed by atoms with Crippen molar-refractivity contribution in [3.8, 4) is 0 Å². The average Bonchev–Trinajstić information content (AvgIpc) is 3.17. The molecular weight excluding hydrogens is 460 g/mol. The summed E-state index contributed by atoms with van der Waals surface area (Å²) in [6, 6.07) is 37.3. The van der Waals surface area contributed by atoms with Crippen LogP contribution in [0.4, 0.5) is 10.5 Å². The summed E-state index contributed by atoms with van der Waals surface area (Å²) in [6.45, 7) is 5.31. The zero-order valence-electron chi connectivity index (χ0n) is 21.1. The first-order valence-electron chi connectivity index (χ1n) is 12.2. The number of nitrogens with zero attached hydrogens (tertiary/aromatic N) is 2. The minimum atomic E-state index is -1.03. The fraction of sp³-hybridized carbons (Fsp3) is 0.156. The summed E-state index contributed by atoms with van der Waals surface area (Å²) in [6.07, 6.45) is -0.794. The fourth-order valence-corrected chi connectivity index (χ4v) is 4.94. The molecule has 5 heteroatoms. The van der Waals surface area contributed by atoms with Crippen molar-refractivity contribution in [1.82, 2.24) is 0 Å². The Morgan fingerprint density at radius 1 is 0.676 bits per heavy atom. The highest BCUT2D eigenvalue weighted by atomic mass is 16.6. The lowest BCUT2D eigenvalue weighted by atomic mass is 9.75. The van der Waals surface area contributed by atoms with E-state index < -0.39 is 17.2 Å². The van der Waals surface area contributed by atoms with Crippen LogP contribution in [0.15, 0.2) is 120 Å². The zero-order chi connectivity index (χ0) is 26.0. The van der Waals surface area contributed by atoms with Crippen molar-refractivity contribution in [2.45, 2.75) is 31.9 Å². The van der Waals surface area contributed by atoms with Gasteiger partial charge >= 0.3 is 6.09 Å². The lowest BCUT2D eigenvalue weighted by Gasteiger charge is -2.43. The van der Waals surface area contributed by atoms with Crippen LogP contribution in [0, 0.1) is 0 Å². The Labute approximate surface area is 217 Å². The Balaban J connectivity index is 1.82. The normalized spacial score (nSPS) is 14.5. The molecule has 0 unspecified atom stereocenters. The fourth-order valence-electron chi connectivity index (χ4n) is 4.94. The summed E-state index contributed by atoms with van der Waals surface area (Å²) in [5.41, 5.74) is 2.30. The minimum absolute atomic E-state index is 0.0667. The molecule has 2 amide bonds. The van der Waals surface area contributed by atoms with Crippen molar-refractivity contribution in [1.29, 1.82) is 0 Å². The number of rotatable bonds is 4. The van der Waals surface area contributed by atoms with E-state index in [4.69, 9.17) is 4.74 Å². The van der Waals surface area contributed by atoms with Crippen molar-refractivity contribution >= 4 is 23.4 Å². The van der Waals surface area contributed by atoms with E-state index in [0.29, 0.717) is 11.3 Å². The standard InChI is InChI=1S/C32H28N2O3/c1-31(2,3)37-30(36)33-28-26-21-13-14-22-27(26)34(29(28)35)32(23-15-7-4-8-16-23,24-17-9-5-10-18-24)25-19-11-6-12-20-25/h4-22H,1-3H3/b33-28+. The second kappa shape index (κ2) is 9.51. The maximum atomic E-state index is 14.4. The zero-order valence-corrected chi connectivity index (χ0v) is 21.1. The van der Waals surface area contributed by atoms with E-state index in [1.165, 1.54) is 0 Å². The van der Waals surface area contributed by atoms with Gasteiger partial charge in [-0.3, -0.25) is 9.69 Å². The van der Waals surface area contributed by atoms with Crippen LogP contribution in [0.5, 0.6) is 0 Å². The van der Waals surface area contributed by atoms with Crippen LogP contribution in [0.25, 0.3) is 0 Å². The van der Waals surface area contributed by atoms with Gasteiger partial charge in [-0.2, -0.15) is 4.99 Å². The second-order valence-corrected chi connectivity index (χ2v) is 9.91. The number of carbonyl (C=O) groups is 2. The second-order valence-electron chi connectivity index (χ2n) is 9.91. The first-order valence-corrected chi connectivity index (χ1v) is 12.2. The highest BCUT2D eigenvalue weighted by Crippen LogP contribution is 2.48. The first kappa shape index (κ1) is 24.2. The molecule has 0 spiro atoms. The third kappa shape index (κ3) is 4.33. The molecule has 0 aliphatic carbocycles. The van der Waals surface area contributed by atoms with Gasteiger partial charge in [-0.05, 0) is 43.5 Å². The molecule has 0 N–H and O–H groups in total. The van der Waals surface area contributed by atoms with Gasteiger partial charge in [-0.15, -0.1) is 0 Å². The van der Waals surface area contributed by atoms with Gasteiger partial charge in [0.1, 0.15) is 16.9 Å². The quantitative estimate of drug-likeness (QED) is 0.299. The van der Waals surface area contributed by atoms with E-state index in [9.17, 15) is 9.59 Å². The molecule has 1 aliphatic rings. The van der Waals surface area contributed by atoms with Gasteiger partial charge in [0, 0.05) is 5.56 Å². The van der Waals surface area contributed by atoms with Crippen molar-refractivity contribution in [2.24, 2.45) is 4.99 Å². The average molecular weight is 489 g/mol.